The molecule has 0 aromatic carbocycles. The van der Waals surface area contributed by atoms with Crippen LogP contribution in [0.5, 0.6) is 0 Å². The number of ether oxygens (including phenoxy) is 2. The maximum absolute atomic E-state index is 13.3. The molecule has 4 heterocycles. The first kappa shape index (κ1) is 27.3. The quantitative estimate of drug-likeness (QED) is 0.280. The van der Waals surface area contributed by atoms with Gasteiger partial charge in [0.15, 0.2) is 12.4 Å². The summed E-state index contributed by atoms with van der Waals surface area (Å²) in [5, 5.41) is 2.65. The van der Waals surface area contributed by atoms with E-state index < -0.39 is 41.3 Å². The van der Waals surface area contributed by atoms with Gasteiger partial charge in [-0.15, -0.1) is 0 Å². The Hall–Kier alpha value is -3.69. The highest BCUT2D eigenvalue weighted by Crippen LogP contribution is 2.39. The van der Waals surface area contributed by atoms with Gasteiger partial charge >= 0.3 is 12.1 Å². The van der Waals surface area contributed by atoms with Crippen molar-refractivity contribution in [3.05, 3.63) is 47.4 Å². The van der Waals surface area contributed by atoms with Gasteiger partial charge in [0.05, 0.1) is 11.7 Å². The molecule has 3 amide bonds. The normalized spacial score (nSPS) is 22.9. The predicted octanol–water partition coefficient (Wildman–Crippen LogP) is 2.67. The number of nitrogens with one attached hydrogen (secondary N) is 1. The molecule has 38 heavy (non-hydrogen) atoms. The Balaban J connectivity index is 1.62. The van der Waals surface area contributed by atoms with Gasteiger partial charge in [-0.3, -0.25) is 14.5 Å². The Morgan fingerprint density at radius 2 is 1.66 bits per heavy atom. The number of alkyl carbamates (subject to hydrolysis) is 1. The van der Waals surface area contributed by atoms with Crippen LogP contribution < -0.4 is 14.8 Å². The fraction of sp³-hybridized carbons (Fsp3) is 0.536. The van der Waals surface area contributed by atoms with E-state index in [-0.39, 0.29) is 11.6 Å². The van der Waals surface area contributed by atoms with Crippen LogP contribution in [0.15, 0.2) is 47.4 Å². The second-order valence-electron chi connectivity index (χ2n) is 11.9. The lowest BCUT2D eigenvalue weighted by Crippen LogP contribution is -2.72. The molecule has 3 aliphatic heterocycles. The molecule has 10 heteroatoms. The maximum atomic E-state index is 13.3. The number of aryl methyl sites for hydroxylation is 1. The van der Waals surface area contributed by atoms with Crippen LogP contribution in [0, 0.1) is 0 Å². The Morgan fingerprint density at radius 1 is 1.03 bits per heavy atom. The van der Waals surface area contributed by atoms with Gasteiger partial charge in [-0.1, -0.05) is 0 Å². The number of β-lactam (4-membered cyclic amide) rings is 1. The average Bonchev–Trinajstić information content (AvgIpc) is 3.15. The zero-order valence-corrected chi connectivity index (χ0v) is 23.2. The predicted molar refractivity (Wildman–Crippen MR) is 139 cm³/mol. The molecule has 2 fully saturated rings. The van der Waals surface area contributed by atoms with Crippen LogP contribution in [0.25, 0.3) is 0 Å². The molecule has 1 N–H and O–H groups in total. The Bertz CT molecular complexity index is 1220. The van der Waals surface area contributed by atoms with Gasteiger partial charge in [-0.2, -0.15) is 0 Å². The minimum Gasteiger partial charge on any atom is -0.455 e. The number of anilines is 1. The first-order valence-corrected chi connectivity index (χ1v) is 12.9. The van der Waals surface area contributed by atoms with Gasteiger partial charge in [0.1, 0.15) is 30.0 Å². The van der Waals surface area contributed by atoms with Crippen LogP contribution in [-0.2, 0) is 30.9 Å². The van der Waals surface area contributed by atoms with Crippen molar-refractivity contribution in [2.24, 2.45) is 7.05 Å². The van der Waals surface area contributed by atoms with E-state index in [2.05, 4.69) is 5.32 Å². The van der Waals surface area contributed by atoms with Gasteiger partial charge in [0.2, 0.25) is 0 Å². The second kappa shape index (κ2) is 9.89. The summed E-state index contributed by atoms with van der Waals surface area (Å²) in [5.41, 5.74) is 0.613. The molecule has 0 radical (unpaired) electrons. The van der Waals surface area contributed by atoms with Crippen molar-refractivity contribution >= 4 is 29.6 Å². The summed E-state index contributed by atoms with van der Waals surface area (Å²) < 4.78 is 12.9. The smallest absolute Gasteiger partial charge is 0.408 e. The molecule has 1 aromatic rings. The third kappa shape index (κ3) is 5.74. The van der Waals surface area contributed by atoms with Crippen LogP contribution in [-0.4, -0.2) is 58.6 Å². The standard InChI is InChI=1S/C28H36N4O6/c1-27(2,3)37-25(35)22-17(16-18-10-15-31(23(18)33)19-11-13-30(7)14-12-19)8-9-20-21(24(34)32(20)22)29-26(36)38-28(4,5)6/h11-14,16,20-21H,8-10,15H2,1-7H3/p+1. The van der Waals surface area contributed by atoms with Crippen molar-refractivity contribution in [1.82, 2.24) is 10.2 Å². The van der Waals surface area contributed by atoms with E-state index in [1.54, 1.807) is 52.5 Å². The summed E-state index contributed by atoms with van der Waals surface area (Å²) in [4.78, 5) is 55.2. The monoisotopic (exact) mass is 525 g/mol. The number of rotatable bonds is 4. The van der Waals surface area contributed by atoms with Crippen molar-refractivity contribution in [2.45, 2.75) is 84.1 Å². The minimum absolute atomic E-state index is 0.128. The van der Waals surface area contributed by atoms with Crippen molar-refractivity contribution in [2.75, 3.05) is 11.4 Å². The largest absolute Gasteiger partial charge is 0.455 e. The zero-order valence-electron chi connectivity index (χ0n) is 23.2. The van der Waals surface area contributed by atoms with Gasteiger partial charge in [-0.05, 0) is 72.5 Å². The van der Waals surface area contributed by atoms with Crippen molar-refractivity contribution in [3.8, 4) is 0 Å². The number of pyridine rings is 1. The maximum Gasteiger partial charge on any atom is 0.408 e. The van der Waals surface area contributed by atoms with Crippen LogP contribution in [0.1, 0.15) is 60.8 Å². The summed E-state index contributed by atoms with van der Waals surface area (Å²) in [6.07, 6.45) is 6.31. The first-order valence-electron chi connectivity index (χ1n) is 12.9. The molecule has 10 nitrogen and oxygen atoms in total. The molecule has 1 aromatic heterocycles. The molecule has 0 bridgehead atoms. The molecular weight excluding hydrogens is 488 g/mol. The van der Waals surface area contributed by atoms with Crippen molar-refractivity contribution < 1.29 is 33.2 Å². The van der Waals surface area contributed by atoms with Gasteiger partial charge in [-0.25, -0.2) is 14.2 Å². The number of fused-ring (bicyclic) bond motifs is 1. The number of esters is 1. The van der Waals surface area contributed by atoms with E-state index in [0.29, 0.717) is 37.0 Å². The SMILES string of the molecule is C[n+]1ccc(N2CCC(=CC3=C(C(=O)OC(C)(C)C)N4C(=O)C(NC(=O)OC(C)(C)C)C4CC3)C2=O)cc1. The summed E-state index contributed by atoms with van der Waals surface area (Å²) in [6, 6.07) is 2.57. The summed E-state index contributed by atoms with van der Waals surface area (Å²) in [6.45, 7) is 11.0. The Labute approximate surface area is 223 Å². The van der Waals surface area contributed by atoms with Crippen LogP contribution in [0.4, 0.5) is 10.5 Å². The number of hydrogen-bond donors (Lipinski definition) is 1. The topological polar surface area (TPSA) is 109 Å². The number of allylic oxidation sites excluding steroid dienone is 2. The third-order valence-corrected chi connectivity index (χ3v) is 6.48. The molecule has 204 valence electrons. The molecular formula is C28H37N4O6+. The number of amides is 3. The first-order chi connectivity index (χ1) is 17.6. The highest BCUT2D eigenvalue weighted by molar-refractivity contribution is 6.09. The summed E-state index contributed by atoms with van der Waals surface area (Å²) >= 11 is 0. The number of nitrogens with zero attached hydrogens (tertiary/aromatic N) is 3. The van der Waals surface area contributed by atoms with Crippen molar-refractivity contribution in [3.63, 3.8) is 0 Å². The van der Waals surface area contributed by atoms with Gasteiger partial charge < -0.3 is 19.7 Å². The highest BCUT2D eigenvalue weighted by atomic mass is 16.6. The van der Waals surface area contributed by atoms with Crippen molar-refractivity contribution in [1.29, 1.82) is 0 Å². The lowest BCUT2D eigenvalue weighted by atomic mass is 9.83. The average molecular weight is 526 g/mol. The van der Waals surface area contributed by atoms with E-state index in [1.165, 1.54) is 4.90 Å². The van der Waals surface area contributed by atoms with E-state index in [0.717, 1.165) is 5.69 Å². The molecule has 4 rings (SSSR count). The molecule has 2 unspecified atom stereocenters. The van der Waals surface area contributed by atoms with E-state index in [9.17, 15) is 19.2 Å². The lowest BCUT2D eigenvalue weighted by molar-refractivity contribution is -0.671. The minimum atomic E-state index is -0.792. The fourth-order valence-electron chi connectivity index (χ4n) is 4.86. The molecule has 0 saturated carbocycles. The van der Waals surface area contributed by atoms with Crippen LogP contribution >= 0.6 is 0 Å². The van der Waals surface area contributed by atoms with Crippen LogP contribution in [0.2, 0.25) is 0 Å². The fourth-order valence-corrected chi connectivity index (χ4v) is 4.86. The van der Waals surface area contributed by atoms with E-state index >= 15 is 0 Å². The lowest BCUT2D eigenvalue weighted by Gasteiger charge is -2.50. The van der Waals surface area contributed by atoms with E-state index in [1.807, 2.05) is 36.1 Å². The summed E-state index contributed by atoms with van der Waals surface area (Å²) in [5.74, 6) is -1.17. The van der Waals surface area contributed by atoms with Gasteiger partial charge in [0, 0.05) is 24.3 Å². The molecule has 2 atom stereocenters. The highest BCUT2D eigenvalue weighted by Gasteiger charge is 2.54. The number of hydrogen-bond acceptors (Lipinski definition) is 6. The summed E-state index contributed by atoms with van der Waals surface area (Å²) in [7, 11) is 1.91. The molecule has 2 saturated heterocycles. The van der Waals surface area contributed by atoms with E-state index in [4.69, 9.17) is 9.47 Å². The Kier molecular flexibility index (Phi) is 7.11. The molecule has 0 spiro atoms. The zero-order chi connectivity index (χ0) is 28.0. The molecule has 0 aliphatic carbocycles. The number of aromatic nitrogens is 1. The number of carbonyl (C=O) groups excluding carboxylic acids is 4. The third-order valence-electron chi connectivity index (χ3n) is 6.48. The Morgan fingerprint density at radius 3 is 2.26 bits per heavy atom. The van der Waals surface area contributed by atoms with Gasteiger partial charge in [0.25, 0.3) is 11.8 Å². The van der Waals surface area contributed by atoms with Crippen LogP contribution in [0.3, 0.4) is 0 Å². The molecule has 3 aliphatic rings. The second-order valence-corrected chi connectivity index (χ2v) is 11.9. The number of carbonyl (C=O) groups is 4.